The number of halogens is 1. The van der Waals surface area contributed by atoms with Crippen LogP contribution < -0.4 is 10.1 Å². The van der Waals surface area contributed by atoms with Crippen LogP contribution in [-0.2, 0) is 5.41 Å². The Bertz CT molecular complexity index is 392. The molecule has 1 fully saturated rings. The molecule has 94 valence electrons. The molecule has 3 heteroatoms. The number of nitrogens with one attached hydrogen (secondary N) is 1. The lowest BCUT2D eigenvalue weighted by Crippen LogP contribution is -2.19. The van der Waals surface area contributed by atoms with E-state index in [-0.39, 0.29) is 11.5 Å². The third-order valence-electron chi connectivity index (χ3n) is 3.07. The molecule has 1 heterocycles. The molecule has 1 atom stereocenters. The Morgan fingerprint density at radius 2 is 2.12 bits per heavy atom. The van der Waals surface area contributed by atoms with Crippen LogP contribution in [0.15, 0.2) is 18.2 Å². The SMILES string of the molecule is CC(C)(C)c1ccc(OC2CCNC2)cc1Cl. The molecule has 0 spiro atoms. The highest BCUT2D eigenvalue weighted by Crippen LogP contribution is 2.32. The van der Waals surface area contributed by atoms with Crippen LogP contribution in [0.1, 0.15) is 32.8 Å². The van der Waals surface area contributed by atoms with Crippen molar-refractivity contribution in [1.29, 1.82) is 0 Å². The second-order valence-corrected chi connectivity index (χ2v) is 6.03. The number of rotatable bonds is 2. The summed E-state index contributed by atoms with van der Waals surface area (Å²) in [6.07, 6.45) is 1.35. The molecular formula is C14H20ClNO. The van der Waals surface area contributed by atoms with Crippen LogP contribution in [0.4, 0.5) is 0 Å². The number of benzene rings is 1. The highest BCUT2D eigenvalue weighted by Gasteiger charge is 2.19. The van der Waals surface area contributed by atoms with Gasteiger partial charge < -0.3 is 10.1 Å². The average molecular weight is 254 g/mol. The summed E-state index contributed by atoms with van der Waals surface area (Å²) in [5.74, 6) is 0.872. The van der Waals surface area contributed by atoms with Crippen molar-refractivity contribution in [3.05, 3.63) is 28.8 Å². The van der Waals surface area contributed by atoms with Gasteiger partial charge in [0, 0.05) is 11.6 Å². The van der Waals surface area contributed by atoms with Crippen LogP contribution in [0, 0.1) is 0 Å². The van der Waals surface area contributed by atoms with Crippen molar-refractivity contribution in [3.63, 3.8) is 0 Å². The highest BCUT2D eigenvalue weighted by molar-refractivity contribution is 6.31. The van der Waals surface area contributed by atoms with Gasteiger partial charge in [-0.2, -0.15) is 0 Å². The van der Waals surface area contributed by atoms with Crippen LogP contribution in [0.5, 0.6) is 5.75 Å². The molecular weight excluding hydrogens is 234 g/mol. The fourth-order valence-corrected chi connectivity index (χ4v) is 2.55. The van der Waals surface area contributed by atoms with Gasteiger partial charge in [0.25, 0.3) is 0 Å². The van der Waals surface area contributed by atoms with Gasteiger partial charge >= 0.3 is 0 Å². The molecule has 1 aliphatic heterocycles. The molecule has 2 rings (SSSR count). The first-order valence-electron chi connectivity index (χ1n) is 6.14. The zero-order valence-electron chi connectivity index (χ0n) is 10.7. The van der Waals surface area contributed by atoms with Crippen LogP contribution in [0.2, 0.25) is 5.02 Å². The van der Waals surface area contributed by atoms with Gasteiger partial charge in [0.1, 0.15) is 11.9 Å². The molecule has 0 bridgehead atoms. The van der Waals surface area contributed by atoms with E-state index in [1.165, 1.54) is 0 Å². The Morgan fingerprint density at radius 3 is 2.65 bits per heavy atom. The van der Waals surface area contributed by atoms with Gasteiger partial charge in [-0.15, -0.1) is 0 Å². The second kappa shape index (κ2) is 4.87. The van der Waals surface area contributed by atoms with Gasteiger partial charge in [0.2, 0.25) is 0 Å². The molecule has 1 N–H and O–H groups in total. The van der Waals surface area contributed by atoms with Gasteiger partial charge in [0.05, 0.1) is 0 Å². The van der Waals surface area contributed by atoms with Gasteiger partial charge in [0.15, 0.2) is 0 Å². The predicted molar refractivity (Wildman–Crippen MR) is 72.1 cm³/mol. The summed E-state index contributed by atoms with van der Waals surface area (Å²) in [5.41, 5.74) is 1.24. The van der Waals surface area contributed by atoms with Crippen molar-refractivity contribution in [3.8, 4) is 5.75 Å². The van der Waals surface area contributed by atoms with Crippen LogP contribution >= 0.6 is 11.6 Å². The Balaban J connectivity index is 2.13. The third-order valence-corrected chi connectivity index (χ3v) is 3.38. The van der Waals surface area contributed by atoms with Crippen molar-refractivity contribution >= 4 is 11.6 Å². The maximum absolute atomic E-state index is 6.30. The quantitative estimate of drug-likeness (QED) is 0.873. The van der Waals surface area contributed by atoms with E-state index in [1.54, 1.807) is 0 Å². The zero-order valence-corrected chi connectivity index (χ0v) is 11.5. The smallest absolute Gasteiger partial charge is 0.121 e. The molecule has 0 amide bonds. The summed E-state index contributed by atoms with van der Waals surface area (Å²) in [5, 5.41) is 4.08. The molecule has 0 aromatic heterocycles. The summed E-state index contributed by atoms with van der Waals surface area (Å²) in [6, 6.07) is 6.02. The summed E-state index contributed by atoms with van der Waals surface area (Å²) in [6.45, 7) is 8.46. The molecule has 0 radical (unpaired) electrons. The Labute approximate surface area is 108 Å². The Hall–Kier alpha value is -0.730. The fraction of sp³-hybridized carbons (Fsp3) is 0.571. The molecule has 0 aliphatic carbocycles. The lowest BCUT2D eigenvalue weighted by Gasteiger charge is -2.21. The van der Waals surface area contributed by atoms with Gasteiger partial charge in [-0.1, -0.05) is 38.4 Å². The first kappa shape index (κ1) is 12.7. The highest BCUT2D eigenvalue weighted by atomic mass is 35.5. The van der Waals surface area contributed by atoms with Crippen molar-refractivity contribution < 1.29 is 4.74 Å². The average Bonchev–Trinajstić information content (AvgIpc) is 2.68. The van der Waals surface area contributed by atoms with E-state index in [0.717, 1.165) is 35.8 Å². The van der Waals surface area contributed by atoms with E-state index in [4.69, 9.17) is 16.3 Å². The zero-order chi connectivity index (χ0) is 12.5. The molecule has 2 nitrogen and oxygen atoms in total. The van der Waals surface area contributed by atoms with Crippen LogP contribution in [0.3, 0.4) is 0 Å². The summed E-state index contributed by atoms with van der Waals surface area (Å²) in [7, 11) is 0. The molecule has 1 aromatic rings. The first-order valence-corrected chi connectivity index (χ1v) is 6.52. The monoisotopic (exact) mass is 253 g/mol. The minimum Gasteiger partial charge on any atom is -0.489 e. The predicted octanol–water partition coefficient (Wildman–Crippen LogP) is 3.38. The van der Waals surface area contributed by atoms with Crippen molar-refractivity contribution in [2.75, 3.05) is 13.1 Å². The van der Waals surface area contributed by atoms with E-state index in [0.29, 0.717) is 0 Å². The molecule has 1 unspecified atom stereocenters. The largest absolute Gasteiger partial charge is 0.489 e. The van der Waals surface area contributed by atoms with Crippen molar-refractivity contribution in [1.82, 2.24) is 5.32 Å². The minimum absolute atomic E-state index is 0.0739. The topological polar surface area (TPSA) is 21.3 Å². The molecule has 17 heavy (non-hydrogen) atoms. The summed E-state index contributed by atoms with van der Waals surface area (Å²) in [4.78, 5) is 0. The van der Waals surface area contributed by atoms with Crippen molar-refractivity contribution in [2.45, 2.75) is 38.7 Å². The van der Waals surface area contributed by atoms with Crippen molar-refractivity contribution in [2.24, 2.45) is 0 Å². The van der Waals surface area contributed by atoms with E-state index < -0.39 is 0 Å². The molecule has 1 aromatic carbocycles. The molecule has 1 saturated heterocycles. The normalized spacial score (nSPS) is 20.6. The lowest BCUT2D eigenvalue weighted by molar-refractivity contribution is 0.223. The third kappa shape index (κ3) is 3.14. The van der Waals surface area contributed by atoms with E-state index in [9.17, 15) is 0 Å². The van der Waals surface area contributed by atoms with Gasteiger partial charge in [-0.25, -0.2) is 0 Å². The maximum Gasteiger partial charge on any atom is 0.121 e. The fourth-order valence-electron chi connectivity index (χ4n) is 2.10. The van der Waals surface area contributed by atoms with E-state index in [2.05, 4.69) is 32.2 Å². The number of ether oxygens (including phenoxy) is 1. The number of hydrogen-bond acceptors (Lipinski definition) is 2. The maximum atomic E-state index is 6.30. The first-order chi connectivity index (χ1) is 7.97. The van der Waals surface area contributed by atoms with E-state index in [1.807, 2.05) is 12.1 Å². The van der Waals surface area contributed by atoms with E-state index >= 15 is 0 Å². The van der Waals surface area contributed by atoms with Gasteiger partial charge in [-0.05, 0) is 36.1 Å². The Morgan fingerprint density at radius 1 is 1.35 bits per heavy atom. The van der Waals surface area contributed by atoms with Crippen LogP contribution in [0.25, 0.3) is 0 Å². The molecule has 1 aliphatic rings. The Kier molecular flexibility index (Phi) is 3.64. The summed E-state index contributed by atoms with van der Waals surface area (Å²) >= 11 is 6.30. The minimum atomic E-state index is 0.0739. The van der Waals surface area contributed by atoms with Crippen LogP contribution in [-0.4, -0.2) is 19.2 Å². The standard InChI is InChI=1S/C14H20ClNO/c1-14(2,3)12-5-4-10(8-13(12)15)17-11-6-7-16-9-11/h4-5,8,11,16H,6-7,9H2,1-3H3. The summed E-state index contributed by atoms with van der Waals surface area (Å²) < 4.78 is 5.88. The second-order valence-electron chi connectivity index (χ2n) is 5.62. The number of hydrogen-bond donors (Lipinski definition) is 1. The van der Waals surface area contributed by atoms with Gasteiger partial charge in [-0.3, -0.25) is 0 Å². The molecule has 0 saturated carbocycles. The lowest BCUT2D eigenvalue weighted by atomic mass is 9.87.